The molecule has 3 aromatic carbocycles. The largest absolute Gasteiger partial charge is 0.493 e. The summed E-state index contributed by atoms with van der Waals surface area (Å²) in [5.74, 6) is -5.95. The molecular weight excluding hydrogens is 395 g/mol. The van der Waals surface area contributed by atoms with Crippen molar-refractivity contribution in [1.82, 2.24) is 0 Å². The summed E-state index contributed by atoms with van der Waals surface area (Å²) < 4.78 is 50.5. The minimum atomic E-state index is -1.76. The number of esters is 1. The zero-order valence-corrected chi connectivity index (χ0v) is 15.7. The number of allylic oxidation sites excluding steroid dienone is 1. The molecule has 0 bridgehead atoms. The Morgan fingerprint density at radius 3 is 2.37 bits per heavy atom. The van der Waals surface area contributed by atoms with Crippen molar-refractivity contribution in [3.8, 4) is 17.6 Å². The summed E-state index contributed by atoms with van der Waals surface area (Å²) in [5, 5.41) is 9.42. The average Bonchev–Trinajstić information content (AvgIpc) is 2.77. The number of hydrogen-bond acceptors (Lipinski definition) is 4. The number of carbonyl (C=O) groups is 1. The Labute approximate surface area is 170 Å². The summed E-state index contributed by atoms with van der Waals surface area (Å²) in [6.07, 6.45) is 1.62. The normalized spacial score (nSPS) is 11.0. The third-order valence-electron chi connectivity index (χ3n) is 4.16. The molecular formula is C23H14F3NO3. The molecule has 0 unspecified atom stereocenters. The zero-order chi connectivity index (χ0) is 21.7. The van der Waals surface area contributed by atoms with Gasteiger partial charge in [-0.2, -0.15) is 5.26 Å². The van der Waals surface area contributed by atoms with E-state index in [-0.39, 0.29) is 11.5 Å². The summed E-state index contributed by atoms with van der Waals surface area (Å²) in [7, 11) is 1.33. The first kappa shape index (κ1) is 20.7. The molecule has 0 aliphatic rings. The van der Waals surface area contributed by atoms with Gasteiger partial charge in [-0.1, -0.05) is 36.4 Å². The third-order valence-corrected chi connectivity index (χ3v) is 4.16. The van der Waals surface area contributed by atoms with Gasteiger partial charge in [0.2, 0.25) is 0 Å². The lowest BCUT2D eigenvalue weighted by atomic mass is 10.0. The number of methoxy groups -OCH3 is 1. The van der Waals surface area contributed by atoms with Crippen molar-refractivity contribution in [2.24, 2.45) is 0 Å². The molecule has 0 atom stereocenters. The second-order valence-corrected chi connectivity index (χ2v) is 6.06. The second-order valence-electron chi connectivity index (χ2n) is 6.06. The molecule has 0 radical (unpaired) electrons. The average molecular weight is 409 g/mol. The highest BCUT2D eigenvalue weighted by Crippen LogP contribution is 2.31. The Bertz CT molecular complexity index is 1170. The van der Waals surface area contributed by atoms with Crippen LogP contribution in [0.15, 0.2) is 60.7 Å². The lowest BCUT2D eigenvalue weighted by Crippen LogP contribution is -2.13. The van der Waals surface area contributed by atoms with E-state index >= 15 is 0 Å². The molecule has 4 nitrogen and oxygen atoms in total. The number of hydrogen-bond donors (Lipinski definition) is 0. The van der Waals surface area contributed by atoms with Gasteiger partial charge in [-0.25, -0.2) is 18.0 Å². The van der Waals surface area contributed by atoms with Crippen molar-refractivity contribution < 1.29 is 27.4 Å². The van der Waals surface area contributed by atoms with E-state index in [2.05, 4.69) is 6.07 Å². The van der Waals surface area contributed by atoms with Gasteiger partial charge in [0.25, 0.3) is 0 Å². The molecule has 0 aromatic heterocycles. The molecule has 0 amide bonds. The molecule has 0 spiro atoms. The Balaban J connectivity index is 1.90. The number of halogens is 3. The van der Waals surface area contributed by atoms with Gasteiger partial charge in [0.1, 0.15) is 0 Å². The fourth-order valence-corrected chi connectivity index (χ4v) is 2.66. The molecule has 0 saturated carbocycles. The van der Waals surface area contributed by atoms with Gasteiger partial charge in [0.15, 0.2) is 29.0 Å². The molecule has 0 aliphatic heterocycles. The van der Waals surface area contributed by atoms with Crippen molar-refractivity contribution >= 4 is 17.6 Å². The number of nitriles is 1. The van der Waals surface area contributed by atoms with Crippen LogP contribution in [0.1, 0.15) is 21.5 Å². The number of rotatable bonds is 5. The monoisotopic (exact) mass is 409 g/mol. The minimum Gasteiger partial charge on any atom is -0.493 e. The fourth-order valence-electron chi connectivity index (χ4n) is 2.66. The van der Waals surface area contributed by atoms with Crippen LogP contribution in [0.25, 0.3) is 11.6 Å². The molecule has 150 valence electrons. The van der Waals surface area contributed by atoms with E-state index in [1.807, 2.05) is 6.07 Å². The van der Waals surface area contributed by atoms with Crippen LogP contribution >= 0.6 is 0 Å². The first-order valence-corrected chi connectivity index (χ1v) is 8.65. The maximum Gasteiger partial charge on any atom is 0.346 e. The molecule has 0 fully saturated rings. The zero-order valence-electron chi connectivity index (χ0n) is 15.7. The Kier molecular flexibility index (Phi) is 6.18. The van der Waals surface area contributed by atoms with Crippen LogP contribution in [0.4, 0.5) is 13.2 Å². The Morgan fingerprint density at radius 2 is 1.70 bits per heavy atom. The van der Waals surface area contributed by atoms with Gasteiger partial charge in [-0.15, -0.1) is 0 Å². The highest BCUT2D eigenvalue weighted by Gasteiger charge is 2.21. The van der Waals surface area contributed by atoms with Crippen molar-refractivity contribution in [2.45, 2.75) is 0 Å². The summed E-state index contributed by atoms with van der Waals surface area (Å²) in [6, 6.07) is 17.0. The van der Waals surface area contributed by atoms with Gasteiger partial charge in [-0.3, -0.25) is 0 Å². The summed E-state index contributed by atoms with van der Waals surface area (Å²) in [5.41, 5.74) is 0.969. The molecule has 0 saturated heterocycles. The molecule has 3 rings (SSSR count). The smallest absolute Gasteiger partial charge is 0.346 e. The molecule has 0 heterocycles. The van der Waals surface area contributed by atoms with Crippen molar-refractivity contribution in [2.75, 3.05) is 7.11 Å². The standard InChI is InChI=1S/C23H14F3NO3/c1-29-20-12-14(11-16(13-27)15-5-3-2-4-6-15)7-10-19(20)30-23(28)17-8-9-18(24)22(26)21(17)25/h2-12H,1H3/b16-11-. The van der Waals surface area contributed by atoms with E-state index in [0.29, 0.717) is 17.2 Å². The maximum atomic E-state index is 13.8. The Hall–Kier alpha value is -4.05. The first-order valence-electron chi connectivity index (χ1n) is 8.65. The fraction of sp³-hybridized carbons (Fsp3) is 0.0435. The number of carbonyl (C=O) groups excluding carboxylic acids is 1. The number of nitrogens with zero attached hydrogens (tertiary/aromatic N) is 1. The molecule has 0 N–H and O–H groups in total. The number of benzene rings is 3. The van der Waals surface area contributed by atoms with E-state index < -0.39 is 29.0 Å². The topological polar surface area (TPSA) is 59.3 Å². The predicted octanol–water partition coefficient (Wildman–Crippen LogP) is 5.40. The maximum absolute atomic E-state index is 13.8. The SMILES string of the molecule is COc1cc(/C=C(/C#N)c2ccccc2)ccc1OC(=O)c1ccc(F)c(F)c1F. The highest BCUT2D eigenvalue weighted by molar-refractivity contribution is 5.92. The van der Waals surface area contributed by atoms with Crippen LogP contribution < -0.4 is 9.47 Å². The van der Waals surface area contributed by atoms with Crippen LogP contribution in [0.5, 0.6) is 11.5 Å². The van der Waals surface area contributed by atoms with Gasteiger partial charge in [0.05, 0.1) is 24.3 Å². The van der Waals surface area contributed by atoms with Gasteiger partial charge in [-0.05, 0) is 41.5 Å². The number of ether oxygens (including phenoxy) is 2. The molecule has 3 aromatic rings. The summed E-state index contributed by atoms with van der Waals surface area (Å²) in [4.78, 5) is 12.2. The first-order chi connectivity index (χ1) is 14.4. The van der Waals surface area contributed by atoms with Crippen molar-refractivity contribution in [1.29, 1.82) is 5.26 Å². The quantitative estimate of drug-likeness (QED) is 0.186. The van der Waals surface area contributed by atoms with E-state index in [1.54, 1.807) is 36.4 Å². The molecule has 30 heavy (non-hydrogen) atoms. The van der Waals surface area contributed by atoms with Gasteiger partial charge in [0, 0.05) is 0 Å². The van der Waals surface area contributed by atoms with Crippen molar-refractivity contribution in [3.63, 3.8) is 0 Å². The van der Waals surface area contributed by atoms with Gasteiger partial charge >= 0.3 is 5.97 Å². The predicted molar refractivity (Wildman–Crippen MR) is 104 cm³/mol. The van der Waals surface area contributed by atoms with E-state index in [0.717, 1.165) is 11.6 Å². The highest BCUT2D eigenvalue weighted by atomic mass is 19.2. The minimum absolute atomic E-state index is 0.0537. The van der Waals surface area contributed by atoms with E-state index in [9.17, 15) is 23.2 Å². The van der Waals surface area contributed by atoms with Crippen LogP contribution in [0, 0.1) is 28.8 Å². The second kappa shape index (κ2) is 8.97. The lowest BCUT2D eigenvalue weighted by molar-refractivity contribution is 0.0723. The van der Waals surface area contributed by atoms with Gasteiger partial charge < -0.3 is 9.47 Å². The van der Waals surface area contributed by atoms with Crippen LogP contribution in [0.3, 0.4) is 0 Å². The van der Waals surface area contributed by atoms with Crippen LogP contribution in [0.2, 0.25) is 0 Å². The molecule has 7 heteroatoms. The van der Waals surface area contributed by atoms with E-state index in [4.69, 9.17) is 9.47 Å². The van der Waals surface area contributed by atoms with Crippen molar-refractivity contribution in [3.05, 3.63) is 94.8 Å². The lowest BCUT2D eigenvalue weighted by Gasteiger charge is -2.11. The van der Waals surface area contributed by atoms with E-state index in [1.165, 1.54) is 19.2 Å². The third kappa shape index (κ3) is 4.33. The van der Waals surface area contributed by atoms with Crippen LogP contribution in [-0.4, -0.2) is 13.1 Å². The Morgan fingerprint density at radius 1 is 0.967 bits per heavy atom. The summed E-state index contributed by atoms with van der Waals surface area (Å²) in [6.45, 7) is 0. The van der Waals surface area contributed by atoms with Crippen LogP contribution in [-0.2, 0) is 0 Å². The summed E-state index contributed by atoms with van der Waals surface area (Å²) >= 11 is 0. The molecule has 0 aliphatic carbocycles.